The van der Waals surface area contributed by atoms with Gasteiger partial charge in [-0.1, -0.05) is 0 Å². The lowest BCUT2D eigenvalue weighted by molar-refractivity contribution is 0.102. The van der Waals surface area contributed by atoms with Gasteiger partial charge in [0.1, 0.15) is 5.82 Å². The Balaban J connectivity index is 2.11. The molecule has 1 N–H and O–H groups in total. The van der Waals surface area contributed by atoms with E-state index in [1.165, 1.54) is 36.5 Å². The second kappa shape index (κ2) is 4.69. The van der Waals surface area contributed by atoms with Crippen molar-refractivity contribution < 1.29 is 13.6 Å². The zero-order valence-corrected chi connectivity index (χ0v) is 8.65. The lowest BCUT2D eigenvalue weighted by Gasteiger charge is -2.04. The summed E-state index contributed by atoms with van der Waals surface area (Å²) >= 11 is 0. The highest BCUT2D eigenvalue weighted by Gasteiger charge is 2.06. The third kappa shape index (κ3) is 2.84. The summed E-state index contributed by atoms with van der Waals surface area (Å²) in [6.07, 6.45) is 1.21. The Morgan fingerprint density at radius 3 is 2.35 bits per heavy atom. The van der Waals surface area contributed by atoms with Gasteiger partial charge in [0.25, 0.3) is 5.91 Å². The molecule has 0 radical (unpaired) electrons. The van der Waals surface area contributed by atoms with E-state index in [9.17, 15) is 13.6 Å². The maximum Gasteiger partial charge on any atom is 0.255 e. The number of carbonyl (C=O) groups is 1. The van der Waals surface area contributed by atoms with Gasteiger partial charge < -0.3 is 5.32 Å². The number of anilines is 1. The molecule has 0 atom stereocenters. The first-order valence-corrected chi connectivity index (χ1v) is 4.83. The first kappa shape index (κ1) is 11.2. The van der Waals surface area contributed by atoms with Crippen molar-refractivity contribution in [2.75, 3.05) is 5.32 Å². The Bertz CT molecular complexity index is 523. The fourth-order valence-electron chi connectivity index (χ4n) is 1.25. The normalized spacial score (nSPS) is 10.0. The van der Waals surface area contributed by atoms with Crippen molar-refractivity contribution in [1.29, 1.82) is 0 Å². The molecule has 0 aliphatic rings. The highest BCUT2D eigenvalue weighted by Crippen LogP contribution is 2.09. The predicted molar refractivity (Wildman–Crippen MR) is 58.5 cm³/mol. The van der Waals surface area contributed by atoms with E-state index in [0.717, 1.165) is 6.07 Å². The van der Waals surface area contributed by atoms with Crippen molar-refractivity contribution >= 4 is 11.6 Å². The second-order valence-electron chi connectivity index (χ2n) is 3.33. The summed E-state index contributed by atoms with van der Waals surface area (Å²) in [5.41, 5.74) is 0.691. The Kier molecular flexibility index (Phi) is 3.09. The van der Waals surface area contributed by atoms with Crippen LogP contribution in [0.3, 0.4) is 0 Å². The van der Waals surface area contributed by atoms with Gasteiger partial charge in [-0.25, -0.2) is 9.37 Å². The van der Waals surface area contributed by atoms with Crippen LogP contribution in [0.1, 0.15) is 10.4 Å². The van der Waals surface area contributed by atoms with Gasteiger partial charge >= 0.3 is 0 Å². The minimum Gasteiger partial charge on any atom is -0.321 e. The van der Waals surface area contributed by atoms with Crippen molar-refractivity contribution in [3.63, 3.8) is 0 Å². The van der Waals surface area contributed by atoms with Crippen LogP contribution in [0, 0.1) is 11.8 Å². The molecule has 2 aromatic rings. The molecule has 0 fully saturated rings. The molecular weight excluding hydrogens is 226 g/mol. The maximum absolute atomic E-state index is 12.6. The van der Waals surface area contributed by atoms with E-state index < -0.39 is 17.7 Å². The molecular formula is C12H8F2N2O. The van der Waals surface area contributed by atoms with E-state index in [4.69, 9.17) is 0 Å². The fraction of sp³-hybridized carbons (Fsp3) is 0. The second-order valence-corrected chi connectivity index (χ2v) is 3.33. The van der Waals surface area contributed by atoms with Crippen LogP contribution >= 0.6 is 0 Å². The van der Waals surface area contributed by atoms with E-state index in [2.05, 4.69) is 10.3 Å². The van der Waals surface area contributed by atoms with Crippen LogP contribution in [0.2, 0.25) is 0 Å². The minimum absolute atomic E-state index is 0.315. The molecule has 1 heterocycles. The summed E-state index contributed by atoms with van der Waals surface area (Å²) in [6.45, 7) is 0. The number of rotatable bonds is 2. The molecule has 0 saturated heterocycles. The third-order valence-corrected chi connectivity index (χ3v) is 2.09. The molecule has 5 heteroatoms. The van der Waals surface area contributed by atoms with Crippen molar-refractivity contribution in [1.82, 2.24) is 4.98 Å². The number of benzene rings is 1. The zero-order valence-electron chi connectivity index (χ0n) is 8.65. The Labute approximate surface area is 96.1 Å². The molecule has 86 valence electrons. The smallest absolute Gasteiger partial charge is 0.255 e. The highest BCUT2D eigenvalue weighted by molar-refractivity contribution is 6.04. The number of halogens is 2. The summed E-state index contributed by atoms with van der Waals surface area (Å²) in [6, 6.07) is 7.64. The first-order chi connectivity index (χ1) is 8.15. The van der Waals surface area contributed by atoms with Gasteiger partial charge in [0.15, 0.2) is 0 Å². The lowest BCUT2D eigenvalue weighted by atomic mass is 10.2. The van der Waals surface area contributed by atoms with E-state index in [1.807, 2.05) is 0 Å². The molecule has 0 saturated carbocycles. The number of hydrogen-bond acceptors (Lipinski definition) is 2. The molecule has 0 spiro atoms. The van der Waals surface area contributed by atoms with Gasteiger partial charge in [0.05, 0.1) is 11.9 Å². The topological polar surface area (TPSA) is 42.0 Å². The van der Waals surface area contributed by atoms with Crippen LogP contribution in [-0.2, 0) is 0 Å². The van der Waals surface area contributed by atoms with Gasteiger partial charge in [-0.05, 0) is 36.4 Å². The SMILES string of the molecule is O=C(Nc1ccc(F)nc1)c1ccc(F)cc1. The Morgan fingerprint density at radius 1 is 1.06 bits per heavy atom. The van der Waals surface area contributed by atoms with Crippen LogP contribution in [-0.4, -0.2) is 10.9 Å². The van der Waals surface area contributed by atoms with Crippen molar-refractivity contribution in [2.45, 2.75) is 0 Å². The largest absolute Gasteiger partial charge is 0.321 e. The van der Waals surface area contributed by atoms with Crippen LogP contribution in [0.4, 0.5) is 14.5 Å². The highest BCUT2D eigenvalue weighted by atomic mass is 19.1. The van der Waals surface area contributed by atoms with E-state index in [-0.39, 0.29) is 0 Å². The van der Waals surface area contributed by atoms with Gasteiger partial charge in [-0.3, -0.25) is 4.79 Å². The summed E-state index contributed by atoms with van der Waals surface area (Å²) < 4.78 is 25.2. The summed E-state index contributed by atoms with van der Waals surface area (Å²) in [4.78, 5) is 15.1. The lowest BCUT2D eigenvalue weighted by Crippen LogP contribution is -2.12. The number of hydrogen-bond donors (Lipinski definition) is 1. The molecule has 0 bridgehead atoms. The summed E-state index contributed by atoms with van der Waals surface area (Å²) in [7, 11) is 0. The van der Waals surface area contributed by atoms with Crippen LogP contribution in [0.5, 0.6) is 0 Å². The van der Waals surface area contributed by atoms with Crippen molar-refractivity contribution in [2.24, 2.45) is 0 Å². The molecule has 17 heavy (non-hydrogen) atoms. The standard InChI is InChI=1S/C12H8F2N2O/c13-9-3-1-8(2-4-9)12(17)16-10-5-6-11(14)15-7-10/h1-7H,(H,16,17). The van der Waals surface area contributed by atoms with Crippen molar-refractivity contribution in [3.8, 4) is 0 Å². The van der Waals surface area contributed by atoms with E-state index in [1.54, 1.807) is 0 Å². The van der Waals surface area contributed by atoms with Gasteiger partial charge in [0, 0.05) is 5.56 Å². The molecule has 0 aliphatic heterocycles. The summed E-state index contributed by atoms with van der Waals surface area (Å²) in [5, 5.41) is 2.51. The van der Waals surface area contributed by atoms with Crippen molar-refractivity contribution in [3.05, 3.63) is 59.9 Å². The molecule has 1 aromatic heterocycles. The maximum atomic E-state index is 12.6. The number of carbonyl (C=O) groups excluding carboxylic acids is 1. The van der Waals surface area contributed by atoms with Crippen LogP contribution < -0.4 is 5.32 Å². The molecule has 3 nitrogen and oxygen atoms in total. The number of nitrogens with zero attached hydrogens (tertiary/aromatic N) is 1. The molecule has 1 amide bonds. The number of pyridine rings is 1. The van der Waals surface area contributed by atoms with Gasteiger partial charge in [-0.15, -0.1) is 0 Å². The quantitative estimate of drug-likeness (QED) is 0.811. The Hall–Kier alpha value is -2.30. The predicted octanol–water partition coefficient (Wildman–Crippen LogP) is 2.61. The van der Waals surface area contributed by atoms with Crippen LogP contribution in [0.15, 0.2) is 42.6 Å². The van der Waals surface area contributed by atoms with E-state index in [0.29, 0.717) is 11.3 Å². The zero-order chi connectivity index (χ0) is 12.3. The number of nitrogens with one attached hydrogen (secondary N) is 1. The number of aromatic nitrogens is 1. The van der Waals surface area contributed by atoms with Gasteiger partial charge in [0.2, 0.25) is 5.95 Å². The average Bonchev–Trinajstić information content (AvgIpc) is 2.33. The monoisotopic (exact) mass is 234 g/mol. The first-order valence-electron chi connectivity index (χ1n) is 4.83. The fourth-order valence-corrected chi connectivity index (χ4v) is 1.25. The third-order valence-electron chi connectivity index (χ3n) is 2.09. The average molecular weight is 234 g/mol. The van der Waals surface area contributed by atoms with Crippen LogP contribution in [0.25, 0.3) is 0 Å². The van der Waals surface area contributed by atoms with Gasteiger partial charge in [-0.2, -0.15) is 4.39 Å². The molecule has 2 rings (SSSR count). The molecule has 0 aliphatic carbocycles. The Morgan fingerprint density at radius 2 is 1.76 bits per heavy atom. The summed E-state index contributed by atoms with van der Waals surface area (Å²) in [5.74, 6) is -1.44. The molecule has 1 aromatic carbocycles. The van der Waals surface area contributed by atoms with E-state index >= 15 is 0 Å². The molecule has 0 unspecified atom stereocenters. The minimum atomic E-state index is -0.621. The number of amides is 1.